The van der Waals surface area contributed by atoms with E-state index in [0.29, 0.717) is 18.2 Å². The molecule has 0 spiro atoms. The molecule has 1 rings (SSSR count). The zero-order valence-electron chi connectivity index (χ0n) is 9.75. The number of nitrogens with one attached hydrogen (secondary N) is 1. The number of halogens is 1. The van der Waals surface area contributed by atoms with Crippen LogP contribution >= 0.6 is 11.6 Å². The van der Waals surface area contributed by atoms with Crippen LogP contribution in [0.15, 0.2) is 18.2 Å². The van der Waals surface area contributed by atoms with E-state index < -0.39 is 0 Å². The Kier molecular flexibility index (Phi) is 6.23. The average Bonchev–Trinajstić information content (AvgIpc) is 2.29. The van der Waals surface area contributed by atoms with Gasteiger partial charge in [0, 0.05) is 19.2 Å². The summed E-state index contributed by atoms with van der Waals surface area (Å²) in [6, 6.07) is 5.77. The van der Waals surface area contributed by atoms with Crippen LogP contribution in [0.1, 0.15) is 12.5 Å². The summed E-state index contributed by atoms with van der Waals surface area (Å²) in [5, 5.41) is 3.90. The zero-order chi connectivity index (χ0) is 11.8. The first kappa shape index (κ1) is 13.3. The maximum Gasteiger partial charge on any atom is 0.142 e. The van der Waals surface area contributed by atoms with Gasteiger partial charge in [-0.2, -0.15) is 0 Å². The van der Waals surface area contributed by atoms with Gasteiger partial charge in [-0.25, -0.2) is 0 Å². The number of benzene rings is 1. The molecular weight excluding hydrogens is 226 g/mol. The van der Waals surface area contributed by atoms with Crippen LogP contribution in [0.3, 0.4) is 0 Å². The van der Waals surface area contributed by atoms with Gasteiger partial charge in [-0.05, 0) is 12.6 Å². The van der Waals surface area contributed by atoms with E-state index in [1.807, 2.05) is 18.2 Å². The van der Waals surface area contributed by atoms with Gasteiger partial charge >= 0.3 is 0 Å². The van der Waals surface area contributed by atoms with Crippen molar-refractivity contribution in [1.82, 2.24) is 5.32 Å². The number of para-hydroxylation sites is 1. The summed E-state index contributed by atoms with van der Waals surface area (Å²) in [5.41, 5.74) is 1.07. The molecule has 0 atom stereocenters. The Labute approximate surface area is 102 Å². The van der Waals surface area contributed by atoms with Crippen molar-refractivity contribution in [1.29, 1.82) is 0 Å². The highest BCUT2D eigenvalue weighted by Gasteiger charge is 2.07. The molecule has 16 heavy (non-hydrogen) atoms. The predicted octanol–water partition coefficient (Wildman–Crippen LogP) is 2.47. The maximum atomic E-state index is 6.09. The van der Waals surface area contributed by atoms with E-state index in [1.165, 1.54) is 0 Å². The summed E-state index contributed by atoms with van der Waals surface area (Å²) in [6.07, 6.45) is 0. The highest BCUT2D eigenvalue weighted by atomic mass is 35.5. The second-order valence-electron chi connectivity index (χ2n) is 3.35. The molecule has 0 saturated carbocycles. The van der Waals surface area contributed by atoms with Crippen LogP contribution in [0.25, 0.3) is 0 Å². The van der Waals surface area contributed by atoms with Crippen molar-refractivity contribution in [3.05, 3.63) is 28.8 Å². The van der Waals surface area contributed by atoms with Gasteiger partial charge in [0.1, 0.15) is 12.4 Å². The van der Waals surface area contributed by atoms with Crippen LogP contribution in [0.2, 0.25) is 5.02 Å². The van der Waals surface area contributed by atoms with Crippen molar-refractivity contribution in [2.45, 2.75) is 13.5 Å². The first-order valence-corrected chi connectivity index (χ1v) is 5.77. The Balaban J connectivity index is 2.69. The normalized spacial score (nSPS) is 10.4. The van der Waals surface area contributed by atoms with E-state index in [-0.39, 0.29) is 0 Å². The Hall–Kier alpha value is -0.770. The number of hydrogen-bond donors (Lipinski definition) is 1. The first-order chi connectivity index (χ1) is 7.79. The standard InChI is InChI=1S/C12H18ClNO2/c1-3-14-9-10-5-4-6-11(13)12(10)16-8-7-15-2/h4-6,14H,3,7-9H2,1-2H3. The van der Waals surface area contributed by atoms with Crippen LogP contribution in [-0.2, 0) is 11.3 Å². The summed E-state index contributed by atoms with van der Waals surface area (Å²) in [6.45, 7) is 4.82. The lowest BCUT2D eigenvalue weighted by Gasteiger charge is -2.13. The third kappa shape index (κ3) is 4.00. The molecule has 1 N–H and O–H groups in total. The monoisotopic (exact) mass is 243 g/mol. The quantitative estimate of drug-likeness (QED) is 0.747. The number of rotatable bonds is 7. The van der Waals surface area contributed by atoms with Crippen molar-refractivity contribution >= 4 is 11.6 Å². The van der Waals surface area contributed by atoms with Gasteiger partial charge in [-0.3, -0.25) is 0 Å². The maximum absolute atomic E-state index is 6.09. The highest BCUT2D eigenvalue weighted by molar-refractivity contribution is 6.32. The largest absolute Gasteiger partial charge is 0.489 e. The SMILES string of the molecule is CCNCc1cccc(Cl)c1OCCOC. The second-order valence-corrected chi connectivity index (χ2v) is 3.76. The van der Waals surface area contributed by atoms with E-state index in [9.17, 15) is 0 Å². The van der Waals surface area contributed by atoms with Crippen LogP contribution in [0, 0.1) is 0 Å². The molecule has 0 aliphatic heterocycles. The van der Waals surface area contributed by atoms with E-state index in [0.717, 1.165) is 24.4 Å². The fourth-order valence-corrected chi connectivity index (χ4v) is 1.59. The van der Waals surface area contributed by atoms with Gasteiger partial charge in [0.2, 0.25) is 0 Å². The lowest BCUT2D eigenvalue weighted by atomic mass is 10.2. The first-order valence-electron chi connectivity index (χ1n) is 5.39. The molecule has 3 nitrogen and oxygen atoms in total. The molecule has 90 valence electrons. The van der Waals surface area contributed by atoms with Crippen molar-refractivity contribution in [2.24, 2.45) is 0 Å². The van der Waals surface area contributed by atoms with Crippen LogP contribution in [0.4, 0.5) is 0 Å². The van der Waals surface area contributed by atoms with Gasteiger partial charge in [-0.15, -0.1) is 0 Å². The number of methoxy groups -OCH3 is 1. The molecule has 0 aromatic heterocycles. The molecule has 0 heterocycles. The summed E-state index contributed by atoms with van der Waals surface area (Å²) in [4.78, 5) is 0. The number of hydrogen-bond acceptors (Lipinski definition) is 3. The van der Waals surface area contributed by atoms with Gasteiger partial charge in [0.15, 0.2) is 0 Å². The lowest BCUT2D eigenvalue weighted by Crippen LogP contribution is -2.14. The van der Waals surface area contributed by atoms with E-state index >= 15 is 0 Å². The van der Waals surface area contributed by atoms with E-state index in [1.54, 1.807) is 7.11 Å². The molecule has 0 radical (unpaired) electrons. The van der Waals surface area contributed by atoms with Crippen molar-refractivity contribution in [2.75, 3.05) is 26.9 Å². The van der Waals surface area contributed by atoms with Gasteiger partial charge in [-0.1, -0.05) is 30.7 Å². The molecule has 0 fully saturated rings. The van der Waals surface area contributed by atoms with Crippen molar-refractivity contribution in [3.63, 3.8) is 0 Å². The summed E-state index contributed by atoms with van der Waals surface area (Å²) >= 11 is 6.09. The second kappa shape index (κ2) is 7.49. The van der Waals surface area contributed by atoms with E-state index in [2.05, 4.69) is 12.2 Å². The fourth-order valence-electron chi connectivity index (χ4n) is 1.34. The molecule has 0 aliphatic carbocycles. The molecule has 0 aliphatic rings. The average molecular weight is 244 g/mol. The minimum absolute atomic E-state index is 0.513. The van der Waals surface area contributed by atoms with Crippen molar-refractivity contribution in [3.8, 4) is 5.75 Å². The molecule has 0 saturated heterocycles. The lowest BCUT2D eigenvalue weighted by molar-refractivity contribution is 0.145. The highest BCUT2D eigenvalue weighted by Crippen LogP contribution is 2.28. The minimum Gasteiger partial charge on any atom is -0.489 e. The third-order valence-corrected chi connectivity index (χ3v) is 2.45. The summed E-state index contributed by atoms with van der Waals surface area (Å²) in [7, 11) is 1.65. The smallest absolute Gasteiger partial charge is 0.142 e. The molecule has 1 aromatic rings. The molecular formula is C12H18ClNO2. The van der Waals surface area contributed by atoms with E-state index in [4.69, 9.17) is 21.1 Å². The topological polar surface area (TPSA) is 30.5 Å². The number of ether oxygens (including phenoxy) is 2. The van der Waals surface area contributed by atoms with Gasteiger partial charge in [0.05, 0.1) is 11.6 Å². The fraction of sp³-hybridized carbons (Fsp3) is 0.500. The van der Waals surface area contributed by atoms with Crippen LogP contribution in [-0.4, -0.2) is 26.9 Å². The molecule has 1 aromatic carbocycles. The molecule has 0 unspecified atom stereocenters. The zero-order valence-corrected chi connectivity index (χ0v) is 10.5. The minimum atomic E-state index is 0.513. The molecule has 4 heteroatoms. The Bertz CT molecular complexity index is 318. The third-order valence-electron chi connectivity index (χ3n) is 2.15. The molecule has 0 amide bonds. The Morgan fingerprint density at radius 1 is 1.31 bits per heavy atom. The Morgan fingerprint density at radius 2 is 2.12 bits per heavy atom. The van der Waals surface area contributed by atoms with Gasteiger partial charge in [0.25, 0.3) is 0 Å². The Morgan fingerprint density at radius 3 is 2.81 bits per heavy atom. The van der Waals surface area contributed by atoms with Gasteiger partial charge < -0.3 is 14.8 Å². The summed E-state index contributed by atoms with van der Waals surface area (Å²) in [5.74, 6) is 0.752. The summed E-state index contributed by atoms with van der Waals surface area (Å²) < 4.78 is 10.5. The van der Waals surface area contributed by atoms with Crippen molar-refractivity contribution < 1.29 is 9.47 Å². The van der Waals surface area contributed by atoms with Crippen LogP contribution in [0.5, 0.6) is 5.75 Å². The predicted molar refractivity (Wildman–Crippen MR) is 66.2 cm³/mol. The van der Waals surface area contributed by atoms with Crippen LogP contribution < -0.4 is 10.1 Å². The molecule has 0 bridgehead atoms.